The first kappa shape index (κ1) is 25.0. The Labute approximate surface area is 217 Å². The van der Waals surface area contributed by atoms with Crippen LogP contribution in [0, 0.1) is 0 Å². The lowest BCUT2D eigenvalue weighted by Crippen LogP contribution is -2.39. The van der Waals surface area contributed by atoms with Gasteiger partial charge in [0.15, 0.2) is 0 Å². The minimum atomic E-state index is -0.483. The van der Waals surface area contributed by atoms with Crippen LogP contribution < -0.4 is 5.32 Å². The number of thioether (sulfide) groups is 2. The molecule has 5 amide bonds. The third-order valence-electron chi connectivity index (χ3n) is 4.99. The summed E-state index contributed by atoms with van der Waals surface area (Å²) >= 11 is 4.98. The number of nitrogens with zero attached hydrogens (tertiary/aromatic N) is 2. The molecule has 2 aromatic carbocycles. The monoisotopic (exact) mass is 571 g/mol. The SMILES string of the molecule is CC(=O)Nc1ccc(/C=C2/SC(=O)N(CCN3C(=O)S/C(=C/c4ccc(Br)cc4)C3=O)C2=O)cc1. The molecular formula is C24H18BrN3O5S2. The van der Waals surface area contributed by atoms with Crippen molar-refractivity contribution in [1.82, 2.24) is 9.80 Å². The minimum absolute atomic E-state index is 0.0842. The second-order valence-electron chi connectivity index (χ2n) is 7.52. The van der Waals surface area contributed by atoms with Gasteiger partial charge in [-0.3, -0.25) is 33.8 Å². The third kappa shape index (κ3) is 5.92. The number of rotatable bonds is 6. The van der Waals surface area contributed by atoms with Gasteiger partial charge in [0.25, 0.3) is 22.3 Å². The van der Waals surface area contributed by atoms with E-state index in [1.165, 1.54) is 6.92 Å². The van der Waals surface area contributed by atoms with E-state index in [2.05, 4.69) is 21.2 Å². The summed E-state index contributed by atoms with van der Waals surface area (Å²) in [6.07, 6.45) is 3.22. The topological polar surface area (TPSA) is 104 Å². The van der Waals surface area contributed by atoms with E-state index < -0.39 is 22.3 Å². The molecule has 2 fully saturated rings. The molecule has 178 valence electrons. The second kappa shape index (κ2) is 10.6. The highest BCUT2D eigenvalue weighted by molar-refractivity contribution is 9.10. The number of anilines is 1. The molecule has 8 nitrogen and oxygen atoms in total. The lowest BCUT2D eigenvalue weighted by atomic mass is 10.2. The van der Waals surface area contributed by atoms with Crippen LogP contribution in [-0.4, -0.2) is 51.1 Å². The quantitative estimate of drug-likeness (QED) is 0.476. The molecule has 0 unspecified atom stereocenters. The third-order valence-corrected chi connectivity index (χ3v) is 7.33. The summed E-state index contributed by atoms with van der Waals surface area (Å²) in [5.74, 6) is -1.13. The van der Waals surface area contributed by atoms with Gasteiger partial charge in [0.1, 0.15) is 0 Å². The molecule has 4 rings (SSSR count). The number of hydrogen-bond acceptors (Lipinski definition) is 7. The summed E-state index contributed by atoms with van der Waals surface area (Å²) < 4.78 is 0.899. The molecule has 35 heavy (non-hydrogen) atoms. The van der Waals surface area contributed by atoms with Gasteiger partial charge in [0.05, 0.1) is 9.81 Å². The van der Waals surface area contributed by atoms with Crippen molar-refractivity contribution in [2.45, 2.75) is 6.92 Å². The fourth-order valence-corrected chi connectivity index (χ4v) is 5.31. The second-order valence-corrected chi connectivity index (χ2v) is 10.4. The molecule has 0 aromatic heterocycles. The number of carbonyl (C=O) groups is 5. The molecule has 2 aliphatic rings. The lowest BCUT2D eigenvalue weighted by molar-refractivity contribution is -0.125. The summed E-state index contributed by atoms with van der Waals surface area (Å²) in [4.78, 5) is 64.1. The normalized spacial score (nSPS) is 18.3. The number of imide groups is 2. The van der Waals surface area contributed by atoms with Gasteiger partial charge in [-0.1, -0.05) is 40.2 Å². The Morgan fingerprint density at radius 3 is 1.66 bits per heavy atom. The summed E-state index contributed by atoms with van der Waals surface area (Å²) in [5.41, 5.74) is 2.09. The maximum atomic E-state index is 12.8. The Bertz CT molecular complexity index is 1290. The smallest absolute Gasteiger partial charge is 0.293 e. The molecule has 0 radical (unpaired) electrons. The van der Waals surface area contributed by atoms with E-state index in [1.54, 1.807) is 36.4 Å². The van der Waals surface area contributed by atoms with Crippen molar-refractivity contribution in [3.05, 3.63) is 73.9 Å². The van der Waals surface area contributed by atoms with E-state index in [0.717, 1.165) is 43.4 Å². The van der Waals surface area contributed by atoms with Gasteiger partial charge in [-0.05, 0) is 71.1 Å². The predicted molar refractivity (Wildman–Crippen MR) is 140 cm³/mol. The molecule has 2 saturated heterocycles. The van der Waals surface area contributed by atoms with Gasteiger partial charge >= 0.3 is 0 Å². The van der Waals surface area contributed by atoms with Crippen LogP contribution in [-0.2, 0) is 14.4 Å². The summed E-state index contributed by atoms with van der Waals surface area (Å²) in [7, 11) is 0. The molecule has 0 aliphatic carbocycles. The molecule has 2 aliphatic heterocycles. The zero-order valence-corrected chi connectivity index (χ0v) is 21.5. The Morgan fingerprint density at radius 1 is 0.800 bits per heavy atom. The number of benzene rings is 2. The van der Waals surface area contributed by atoms with E-state index in [9.17, 15) is 24.0 Å². The largest absolute Gasteiger partial charge is 0.326 e. The Morgan fingerprint density at radius 2 is 1.23 bits per heavy atom. The Hall–Kier alpha value is -3.15. The van der Waals surface area contributed by atoms with Crippen LogP contribution in [0.4, 0.5) is 15.3 Å². The predicted octanol–water partition coefficient (Wildman–Crippen LogP) is 5.18. The standard InChI is InChI=1S/C24H18BrN3O5S2/c1-14(29)26-18-8-4-16(5-9-18)13-20-22(31)28(24(33)35-20)11-10-27-21(30)19(34-23(27)32)12-15-2-6-17(25)7-3-15/h2-9,12-13H,10-11H2,1H3,(H,26,29)/b19-12+,20-13+. The van der Waals surface area contributed by atoms with E-state index in [0.29, 0.717) is 11.3 Å². The molecule has 2 aromatic rings. The summed E-state index contributed by atoms with van der Waals surface area (Å²) in [6.45, 7) is 1.23. The van der Waals surface area contributed by atoms with Crippen molar-refractivity contribution in [3.63, 3.8) is 0 Å². The van der Waals surface area contributed by atoms with Crippen molar-refractivity contribution in [3.8, 4) is 0 Å². The molecule has 11 heteroatoms. The highest BCUT2D eigenvalue weighted by Crippen LogP contribution is 2.34. The van der Waals surface area contributed by atoms with E-state index in [4.69, 9.17) is 0 Å². The van der Waals surface area contributed by atoms with Gasteiger partial charge in [0, 0.05) is 30.2 Å². The van der Waals surface area contributed by atoms with E-state index in [-0.39, 0.29) is 28.8 Å². The maximum absolute atomic E-state index is 12.8. The zero-order valence-electron chi connectivity index (χ0n) is 18.3. The lowest BCUT2D eigenvalue weighted by Gasteiger charge is -2.17. The first-order chi connectivity index (χ1) is 16.7. The fourth-order valence-electron chi connectivity index (χ4n) is 3.31. The van der Waals surface area contributed by atoms with Crippen molar-refractivity contribution >= 4 is 85.5 Å². The highest BCUT2D eigenvalue weighted by Gasteiger charge is 2.39. The van der Waals surface area contributed by atoms with Gasteiger partial charge in [-0.2, -0.15) is 0 Å². The van der Waals surface area contributed by atoms with Gasteiger partial charge in [-0.15, -0.1) is 0 Å². The molecule has 0 bridgehead atoms. The fraction of sp³-hybridized carbons (Fsp3) is 0.125. The number of hydrogen-bond donors (Lipinski definition) is 1. The van der Waals surface area contributed by atoms with E-state index in [1.807, 2.05) is 24.3 Å². The van der Waals surface area contributed by atoms with Crippen LogP contribution >= 0.6 is 39.5 Å². The summed E-state index contributed by atoms with van der Waals surface area (Å²) in [5, 5.41) is 1.75. The molecule has 1 N–H and O–H groups in total. The van der Waals surface area contributed by atoms with Crippen molar-refractivity contribution in [2.75, 3.05) is 18.4 Å². The molecule has 0 atom stereocenters. The number of nitrogens with one attached hydrogen (secondary N) is 1. The Balaban J connectivity index is 1.40. The highest BCUT2D eigenvalue weighted by atomic mass is 79.9. The average Bonchev–Trinajstić information content (AvgIpc) is 3.23. The van der Waals surface area contributed by atoms with Crippen LogP contribution in [0.3, 0.4) is 0 Å². The zero-order chi connectivity index (χ0) is 25.1. The van der Waals surface area contributed by atoms with Crippen LogP contribution in [0.15, 0.2) is 62.8 Å². The first-order valence-electron chi connectivity index (χ1n) is 10.4. The van der Waals surface area contributed by atoms with Crippen LogP contribution in [0.25, 0.3) is 12.2 Å². The van der Waals surface area contributed by atoms with Gasteiger partial charge in [0.2, 0.25) is 5.91 Å². The number of carbonyl (C=O) groups excluding carboxylic acids is 5. The summed E-state index contributed by atoms with van der Waals surface area (Å²) in [6, 6.07) is 14.1. The van der Waals surface area contributed by atoms with Crippen LogP contribution in [0.5, 0.6) is 0 Å². The number of halogens is 1. The van der Waals surface area contributed by atoms with Crippen molar-refractivity contribution in [1.29, 1.82) is 0 Å². The van der Waals surface area contributed by atoms with Crippen LogP contribution in [0.2, 0.25) is 0 Å². The van der Waals surface area contributed by atoms with Crippen molar-refractivity contribution in [2.24, 2.45) is 0 Å². The van der Waals surface area contributed by atoms with Gasteiger partial charge in [-0.25, -0.2) is 0 Å². The van der Waals surface area contributed by atoms with E-state index >= 15 is 0 Å². The minimum Gasteiger partial charge on any atom is -0.326 e. The molecule has 2 heterocycles. The Kier molecular flexibility index (Phi) is 7.58. The maximum Gasteiger partial charge on any atom is 0.293 e. The van der Waals surface area contributed by atoms with Crippen LogP contribution in [0.1, 0.15) is 18.1 Å². The molecular weight excluding hydrogens is 554 g/mol. The molecule has 0 saturated carbocycles. The molecule has 0 spiro atoms. The van der Waals surface area contributed by atoms with Gasteiger partial charge < -0.3 is 5.32 Å². The number of amides is 5. The van der Waals surface area contributed by atoms with Crippen molar-refractivity contribution < 1.29 is 24.0 Å². The first-order valence-corrected chi connectivity index (χ1v) is 12.8. The average molecular weight is 572 g/mol.